The second kappa shape index (κ2) is 6.37. The molecule has 2 unspecified atom stereocenters. The predicted octanol–water partition coefficient (Wildman–Crippen LogP) is 3.62. The first kappa shape index (κ1) is 14.9. The van der Waals surface area contributed by atoms with Crippen LogP contribution in [0.25, 0.3) is 0 Å². The van der Waals surface area contributed by atoms with E-state index in [1.807, 2.05) is 0 Å². The average Bonchev–Trinajstić information content (AvgIpc) is 2.97. The molecule has 2 heterocycles. The summed E-state index contributed by atoms with van der Waals surface area (Å²) in [6.45, 7) is 7.16. The molecule has 116 valence electrons. The first-order chi connectivity index (χ1) is 10.2. The van der Waals surface area contributed by atoms with Gasteiger partial charge in [-0.1, -0.05) is 25.1 Å². The van der Waals surface area contributed by atoms with E-state index in [1.54, 1.807) is 0 Å². The van der Waals surface area contributed by atoms with E-state index >= 15 is 0 Å². The quantitative estimate of drug-likeness (QED) is 0.898. The van der Waals surface area contributed by atoms with E-state index in [2.05, 4.69) is 37.4 Å². The highest BCUT2D eigenvalue weighted by Crippen LogP contribution is 2.42. The molecule has 1 N–H and O–H groups in total. The summed E-state index contributed by atoms with van der Waals surface area (Å²) in [5, 5.41) is 3.72. The second-order valence-electron chi connectivity index (χ2n) is 6.44. The Bertz CT molecular complexity index is 480. The standard InChI is InChI=1S/C18H27NO2/c1-3-11-19-17(18(2)10-4-5-12-21-18)15-8-6-7-14-9-13-20-16(14)15/h6-8,17,19H,3-5,9-13H2,1-2H3. The van der Waals surface area contributed by atoms with Gasteiger partial charge < -0.3 is 14.8 Å². The lowest BCUT2D eigenvalue weighted by Gasteiger charge is -2.41. The second-order valence-corrected chi connectivity index (χ2v) is 6.44. The fourth-order valence-corrected chi connectivity index (χ4v) is 3.59. The summed E-state index contributed by atoms with van der Waals surface area (Å²) < 4.78 is 12.2. The number of nitrogens with one attached hydrogen (secondary N) is 1. The SMILES string of the molecule is CCCNC(c1cccc2c1OCC2)C1(C)CCCCO1. The van der Waals surface area contributed by atoms with Gasteiger partial charge in [0.2, 0.25) is 0 Å². The van der Waals surface area contributed by atoms with Crippen LogP contribution < -0.4 is 10.1 Å². The molecule has 0 saturated carbocycles. The Morgan fingerprint density at radius 2 is 2.19 bits per heavy atom. The third kappa shape index (κ3) is 2.95. The minimum absolute atomic E-state index is 0.130. The number of hydrogen-bond acceptors (Lipinski definition) is 3. The van der Waals surface area contributed by atoms with Gasteiger partial charge in [-0.25, -0.2) is 0 Å². The summed E-state index contributed by atoms with van der Waals surface area (Å²) in [6.07, 6.45) is 5.69. The average molecular weight is 289 g/mol. The number of ether oxygens (including phenoxy) is 2. The molecule has 0 radical (unpaired) electrons. The lowest BCUT2D eigenvalue weighted by molar-refractivity contribution is -0.0900. The van der Waals surface area contributed by atoms with Crippen molar-refractivity contribution in [2.45, 2.75) is 57.6 Å². The van der Waals surface area contributed by atoms with E-state index < -0.39 is 0 Å². The van der Waals surface area contributed by atoms with Crippen LogP contribution in [0.15, 0.2) is 18.2 Å². The maximum Gasteiger partial charge on any atom is 0.127 e. The Kier molecular flexibility index (Phi) is 4.51. The zero-order valence-corrected chi connectivity index (χ0v) is 13.3. The summed E-state index contributed by atoms with van der Waals surface area (Å²) in [5.74, 6) is 1.10. The van der Waals surface area contributed by atoms with E-state index in [1.165, 1.54) is 24.0 Å². The smallest absolute Gasteiger partial charge is 0.127 e. The number of hydrogen-bond donors (Lipinski definition) is 1. The van der Waals surface area contributed by atoms with Crippen LogP contribution in [0.5, 0.6) is 5.75 Å². The van der Waals surface area contributed by atoms with Crippen LogP contribution in [0.2, 0.25) is 0 Å². The van der Waals surface area contributed by atoms with Crippen molar-refractivity contribution < 1.29 is 9.47 Å². The van der Waals surface area contributed by atoms with E-state index in [0.717, 1.165) is 44.8 Å². The summed E-state index contributed by atoms with van der Waals surface area (Å²) in [6, 6.07) is 6.77. The normalized spacial score (nSPS) is 26.2. The predicted molar refractivity (Wildman–Crippen MR) is 84.9 cm³/mol. The van der Waals surface area contributed by atoms with Crippen LogP contribution in [0.1, 0.15) is 56.7 Å². The highest BCUT2D eigenvalue weighted by atomic mass is 16.5. The molecule has 3 nitrogen and oxygen atoms in total. The summed E-state index contributed by atoms with van der Waals surface area (Å²) in [5.41, 5.74) is 2.49. The van der Waals surface area contributed by atoms with Crippen molar-refractivity contribution >= 4 is 0 Å². The minimum atomic E-state index is -0.130. The fraction of sp³-hybridized carbons (Fsp3) is 0.667. The van der Waals surface area contributed by atoms with Crippen LogP contribution in [0.4, 0.5) is 0 Å². The van der Waals surface area contributed by atoms with Crippen molar-refractivity contribution in [3.63, 3.8) is 0 Å². The van der Waals surface area contributed by atoms with Crippen LogP contribution in [-0.4, -0.2) is 25.4 Å². The van der Waals surface area contributed by atoms with Gasteiger partial charge in [-0.3, -0.25) is 0 Å². The lowest BCUT2D eigenvalue weighted by Crippen LogP contribution is -2.46. The van der Waals surface area contributed by atoms with Crippen molar-refractivity contribution in [3.8, 4) is 5.75 Å². The molecule has 0 aromatic heterocycles. The molecule has 0 bridgehead atoms. The Morgan fingerprint density at radius 3 is 2.95 bits per heavy atom. The number of fused-ring (bicyclic) bond motifs is 1. The minimum Gasteiger partial charge on any atom is -0.493 e. The Labute approximate surface area is 128 Å². The number of para-hydroxylation sites is 1. The third-order valence-electron chi connectivity index (χ3n) is 4.76. The highest BCUT2D eigenvalue weighted by Gasteiger charge is 2.39. The van der Waals surface area contributed by atoms with E-state index in [0.29, 0.717) is 0 Å². The van der Waals surface area contributed by atoms with E-state index in [4.69, 9.17) is 9.47 Å². The van der Waals surface area contributed by atoms with Gasteiger partial charge in [0.15, 0.2) is 0 Å². The molecule has 2 aliphatic rings. The zero-order chi connectivity index (χ0) is 14.7. The van der Waals surface area contributed by atoms with Crippen LogP contribution in [0.3, 0.4) is 0 Å². The lowest BCUT2D eigenvalue weighted by atomic mass is 9.83. The van der Waals surface area contributed by atoms with Crippen molar-refractivity contribution in [2.24, 2.45) is 0 Å². The van der Waals surface area contributed by atoms with Gasteiger partial charge in [-0.05, 0) is 44.7 Å². The first-order valence-electron chi connectivity index (χ1n) is 8.36. The largest absolute Gasteiger partial charge is 0.493 e. The van der Waals surface area contributed by atoms with Gasteiger partial charge in [0.1, 0.15) is 5.75 Å². The Balaban J connectivity index is 1.94. The molecule has 21 heavy (non-hydrogen) atoms. The van der Waals surface area contributed by atoms with Crippen LogP contribution in [-0.2, 0) is 11.2 Å². The van der Waals surface area contributed by atoms with Crippen molar-refractivity contribution in [1.29, 1.82) is 0 Å². The molecule has 2 aliphatic heterocycles. The maximum absolute atomic E-state index is 6.22. The molecular formula is C18H27NO2. The molecular weight excluding hydrogens is 262 g/mol. The summed E-state index contributed by atoms with van der Waals surface area (Å²) in [7, 11) is 0. The molecule has 1 aromatic rings. The molecule has 0 aliphatic carbocycles. The van der Waals surface area contributed by atoms with Crippen molar-refractivity contribution in [3.05, 3.63) is 29.3 Å². The van der Waals surface area contributed by atoms with Gasteiger partial charge in [0.25, 0.3) is 0 Å². The Hall–Kier alpha value is -1.06. The molecule has 0 spiro atoms. The zero-order valence-electron chi connectivity index (χ0n) is 13.3. The Morgan fingerprint density at radius 1 is 1.29 bits per heavy atom. The molecule has 3 rings (SSSR count). The van der Waals surface area contributed by atoms with Gasteiger partial charge in [0, 0.05) is 18.6 Å². The van der Waals surface area contributed by atoms with Crippen LogP contribution in [0, 0.1) is 0 Å². The topological polar surface area (TPSA) is 30.5 Å². The molecule has 2 atom stereocenters. The molecule has 1 aromatic carbocycles. The van der Waals surface area contributed by atoms with Gasteiger partial charge in [-0.2, -0.15) is 0 Å². The van der Waals surface area contributed by atoms with E-state index in [-0.39, 0.29) is 11.6 Å². The van der Waals surface area contributed by atoms with Crippen molar-refractivity contribution in [1.82, 2.24) is 5.32 Å². The summed E-state index contributed by atoms with van der Waals surface area (Å²) in [4.78, 5) is 0. The molecule has 3 heteroatoms. The van der Waals surface area contributed by atoms with Gasteiger partial charge >= 0.3 is 0 Å². The summed E-state index contributed by atoms with van der Waals surface area (Å²) >= 11 is 0. The molecule has 1 fully saturated rings. The molecule has 1 saturated heterocycles. The van der Waals surface area contributed by atoms with Crippen LogP contribution >= 0.6 is 0 Å². The van der Waals surface area contributed by atoms with Crippen molar-refractivity contribution in [2.75, 3.05) is 19.8 Å². The monoisotopic (exact) mass is 289 g/mol. The maximum atomic E-state index is 6.22. The first-order valence-corrected chi connectivity index (χ1v) is 8.36. The van der Waals surface area contributed by atoms with Gasteiger partial charge in [0.05, 0.1) is 18.2 Å². The third-order valence-corrected chi connectivity index (χ3v) is 4.76. The number of benzene rings is 1. The number of rotatable bonds is 5. The highest BCUT2D eigenvalue weighted by molar-refractivity contribution is 5.46. The van der Waals surface area contributed by atoms with E-state index in [9.17, 15) is 0 Å². The molecule has 0 amide bonds. The van der Waals surface area contributed by atoms with Gasteiger partial charge in [-0.15, -0.1) is 0 Å². The fourth-order valence-electron chi connectivity index (χ4n) is 3.59.